The molecular formula is C20H21ClN4O4S. The number of rotatable bonds is 3. The summed E-state index contributed by atoms with van der Waals surface area (Å²) in [6, 6.07) is 11.8. The number of hydrogen-bond acceptors (Lipinski definition) is 5. The van der Waals surface area contributed by atoms with Gasteiger partial charge in [-0.2, -0.15) is 4.31 Å². The molecule has 10 heteroatoms. The van der Waals surface area contributed by atoms with Gasteiger partial charge in [-0.3, -0.25) is 13.9 Å². The van der Waals surface area contributed by atoms with Crippen molar-refractivity contribution < 1.29 is 8.42 Å². The smallest absolute Gasteiger partial charge is 0.330 e. The molecule has 0 N–H and O–H groups in total. The van der Waals surface area contributed by atoms with Gasteiger partial charge in [0.05, 0.1) is 15.8 Å². The molecule has 0 bridgehead atoms. The third-order valence-corrected chi connectivity index (χ3v) is 7.62. The Balaban J connectivity index is 1.64. The van der Waals surface area contributed by atoms with Crippen molar-refractivity contribution in [2.24, 2.45) is 14.1 Å². The molecule has 1 aromatic heterocycles. The molecule has 0 spiro atoms. The number of sulfonamides is 1. The van der Waals surface area contributed by atoms with Gasteiger partial charge in [0, 0.05) is 51.0 Å². The average molecular weight is 449 g/mol. The summed E-state index contributed by atoms with van der Waals surface area (Å²) in [5.74, 6) is 0. The number of aromatic nitrogens is 2. The minimum absolute atomic E-state index is 0.0435. The third-order valence-electron chi connectivity index (χ3n) is 5.49. The molecule has 1 fully saturated rings. The predicted octanol–water partition coefficient (Wildman–Crippen LogP) is 1.40. The van der Waals surface area contributed by atoms with Crippen LogP contribution in [0.3, 0.4) is 0 Å². The van der Waals surface area contributed by atoms with Crippen LogP contribution in [0.1, 0.15) is 0 Å². The molecule has 1 saturated heterocycles. The van der Waals surface area contributed by atoms with Crippen molar-refractivity contribution in [3.05, 3.63) is 68.3 Å². The molecule has 158 valence electrons. The number of anilines is 1. The summed E-state index contributed by atoms with van der Waals surface area (Å²) >= 11 is 6.06. The van der Waals surface area contributed by atoms with Crippen LogP contribution < -0.4 is 16.1 Å². The monoisotopic (exact) mass is 448 g/mol. The SMILES string of the molecule is Cn1c(=O)c2cc(S(=O)(=O)N3CCN(c4cccc(Cl)c4)CC3)ccc2n(C)c1=O. The largest absolute Gasteiger partial charge is 0.369 e. The normalized spacial score (nSPS) is 15.6. The van der Waals surface area contributed by atoms with Gasteiger partial charge in [0.1, 0.15) is 0 Å². The standard InChI is InChI=1S/C20H21ClN4O4S/c1-22-18-7-6-16(13-17(18)19(26)23(2)20(22)27)30(28,29)25-10-8-24(9-11-25)15-5-3-4-14(21)12-15/h3-7,12-13H,8-11H2,1-2H3. The van der Waals surface area contributed by atoms with Crippen LogP contribution in [-0.4, -0.2) is 48.0 Å². The van der Waals surface area contributed by atoms with E-state index >= 15 is 0 Å². The Kier molecular flexibility index (Phi) is 5.21. The van der Waals surface area contributed by atoms with E-state index in [0.29, 0.717) is 36.7 Å². The quantitative estimate of drug-likeness (QED) is 0.604. The van der Waals surface area contributed by atoms with Gasteiger partial charge in [-0.25, -0.2) is 13.2 Å². The molecule has 4 rings (SSSR count). The van der Waals surface area contributed by atoms with Gasteiger partial charge in [-0.1, -0.05) is 17.7 Å². The lowest BCUT2D eigenvalue weighted by Crippen LogP contribution is -2.48. The van der Waals surface area contributed by atoms with Crippen molar-refractivity contribution in [3.8, 4) is 0 Å². The Labute approximate surface area is 178 Å². The number of fused-ring (bicyclic) bond motifs is 1. The highest BCUT2D eigenvalue weighted by Gasteiger charge is 2.29. The molecule has 0 saturated carbocycles. The fourth-order valence-corrected chi connectivity index (χ4v) is 5.38. The van der Waals surface area contributed by atoms with Crippen LogP contribution >= 0.6 is 11.6 Å². The second kappa shape index (κ2) is 7.57. The summed E-state index contributed by atoms with van der Waals surface area (Å²) < 4.78 is 30.1. The first-order chi connectivity index (χ1) is 14.2. The fourth-order valence-electron chi connectivity index (χ4n) is 3.74. The number of aryl methyl sites for hydroxylation is 1. The van der Waals surface area contributed by atoms with Crippen molar-refractivity contribution in [1.29, 1.82) is 0 Å². The minimum atomic E-state index is -3.77. The second-order valence-electron chi connectivity index (χ2n) is 7.26. The number of piperazine rings is 1. The van der Waals surface area contributed by atoms with Gasteiger partial charge in [-0.05, 0) is 36.4 Å². The Bertz CT molecular complexity index is 1360. The molecule has 1 aliphatic rings. The van der Waals surface area contributed by atoms with Gasteiger partial charge < -0.3 is 4.90 Å². The summed E-state index contributed by atoms with van der Waals surface area (Å²) in [5.41, 5.74) is 0.374. The van der Waals surface area contributed by atoms with Crippen molar-refractivity contribution >= 4 is 38.2 Å². The van der Waals surface area contributed by atoms with Gasteiger partial charge in [0.2, 0.25) is 10.0 Å². The lowest BCUT2D eigenvalue weighted by atomic mass is 10.2. The Morgan fingerprint density at radius 3 is 2.27 bits per heavy atom. The molecular weight excluding hydrogens is 428 g/mol. The maximum absolute atomic E-state index is 13.2. The lowest BCUT2D eigenvalue weighted by Gasteiger charge is -2.35. The van der Waals surface area contributed by atoms with E-state index in [1.165, 1.54) is 34.1 Å². The summed E-state index contributed by atoms with van der Waals surface area (Å²) in [6.07, 6.45) is 0. The Hall–Kier alpha value is -2.62. The average Bonchev–Trinajstić information content (AvgIpc) is 2.76. The van der Waals surface area contributed by atoms with Gasteiger partial charge in [0.25, 0.3) is 5.56 Å². The molecule has 3 aromatic rings. The zero-order valence-electron chi connectivity index (χ0n) is 16.6. The van der Waals surface area contributed by atoms with Crippen molar-refractivity contribution in [2.45, 2.75) is 4.90 Å². The van der Waals surface area contributed by atoms with E-state index in [2.05, 4.69) is 4.90 Å². The fraction of sp³-hybridized carbons (Fsp3) is 0.300. The van der Waals surface area contributed by atoms with Gasteiger partial charge >= 0.3 is 5.69 Å². The zero-order valence-corrected chi connectivity index (χ0v) is 18.2. The molecule has 2 heterocycles. The zero-order chi connectivity index (χ0) is 21.6. The van der Waals surface area contributed by atoms with Crippen LogP contribution in [0.2, 0.25) is 5.02 Å². The Morgan fingerprint density at radius 2 is 1.60 bits per heavy atom. The summed E-state index contributed by atoms with van der Waals surface area (Å²) in [6.45, 7) is 1.70. The van der Waals surface area contributed by atoms with Crippen molar-refractivity contribution in [3.63, 3.8) is 0 Å². The van der Waals surface area contributed by atoms with Crippen LogP contribution in [0.5, 0.6) is 0 Å². The van der Waals surface area contributed by atoms with Gasteiger partial charge in [0.15, 0.2) is 0 Å². The van der Waals surface area contributed by atoms with E-state index < -0.39 is 21.3 Å². The first-order valence-electron chi connectivity index (χ1n) is 9.40. The third kappa shape index (κ3) is 3.42. The molecule has 30 heavy (non-hydrogen) atoms. The molecule has 0 amide bonds. The first-order valence-corrected chi connectivity index (χ1v) is 11.2. The molecule has 0 aliphatic carbocycles. The summed E-state index contributed by atoms with van der Waals surface area (Å²) in [5, 5.41) is 0.827. The molecule has 2 aromatic carbocycles. The molecule has 0 radical (unpaired) electrons. The van der Waals surface area contributed by atoms with E-state index in [-0.39, 0.29) is 10.3 Å². The van der Waals surface area contributed by atoms with Gasteiger partial charge in [-0.15, -0.1) is 0 Å². The van der Waals surface area contributed by atoms with Crippen LogP contribution in [0.15, 0.2) is 56.9 Å². The summed E-state index contributed by atoms with van der Waals surface area (Å²) in [4.78, 5) is 26.7. The number of hydrogen-bond donors (Lipinski definition) is 0. The maximum atomic E-state index is 13.2. The van der Waals surface area contributed by atoms with Crippen molar-refractivity contribution in [2.75, 3.05) is 31.1 Å². The van der Waals surface area contributed by atoms with E-state index in [4.69, 9.17) is 11.6 Å². The van der Waals surface area contributed by atoms with Crippen LogP contribution in [0.25, 0.3) is 10.9 Å². The maximum Gasteiger partial charge on any atom is 0.330 e. The van der Waals surface area contributed by atoms with Crippen LogP contribution in [-0.2, 0) is 24.1 Å². The minimum Gasteiger partial charge on any atom is -0.369 e. The number of nitrogens with zero attached hydrogens (tertiary/aromatic N) is 4. The number of halogens is 1. The molecule has 0 unspecified atom stereocenters. The Morgan fingerprint density at radius 1 is 0.900 bits per heavy atom. The highest BCUT2D eigenvalue weighted by Crippen LogP contribution is 2.24. The van der Waals surface area contributed by atoms with E-state index in [9.17, 15) is 18.0 Å². The topological polar surface area (TPSA) is 84.6 Å². The first kappa shape index (κ1) is 20.6. The summed E-state index contributed by atoms with van der Waals surface area (Å²) in [7, 11) is -0.851. The lowest BCUT2D eigenvalue weighted by molar-refractivity contribution is 0.385. The van der Waals surface area contributed by atoms with E-state index in [1.807, 2.05) is 18.2 Å². The van der Waals surface area contributed by atoms with E-state index in [0.717, 1.165) is 10.3 Å². The highest BCUT2D eigenvalue weighted by atomic mass is 35.5. The molecule has 8 nitrogen and oxygen atoms in total. The molecule has 1 aliphatic heterocycles. The number of benzene rings is 2. The molecule has 0 atom stereocenters. The van der Waals surface area contributed by atoms with Crippen LogP contribution in [0, 0.1) is 0 Å². The highest BCUT2D eigenvalue weighted by molar-refractivity contribution is 7.89. The van der Waals surface area contributed by atoms with Crippen molar-refractivity contribution in [1.82, 2.24) is 13.4 Å². The van der Waals surface area contributed by atoms with Crippen LogP contribution in [0.4, 0.5) is 5.69 Å². The van der Waals surface area contributed by atoms with E-state index in [1.54, 1.807) is 13.1 Å². The second-order valence-corrected chi connectivity index (χ2v) is 9.63. The predicted molar refractivity (Wildman–Crippen MR) is 117 cm³/mol.